The molecule has 0 N–H and O–H groups in total. The third-order valence-electron chi connectivity index (χ3n) is 6.44. The summed E-state index contributed by atoms with van der Waals surface area (Å²) in [5.41, 5.74) is 4.36. The minimum atomic E-state index is -4.43. The lowest BCUT2D eigenvalue weighted by molar-refractivity contribution is -0.137. The minimum Gasteiger partial charge on any atom is -0.497 e. The zero-order chi connectivity index (χ0) is 26.3. The number of rotatable bonds is 5. The fourth-order valence-corrected chi connectivity index (χ4v) is 4.44. The van der Waals surface area contributed by atoms with Gasteiger partial charge in [-0.2, -0.15) is 13.2 Å². The van der Waals surface area contributed by atoms with E-state index in [0.717, 1.165) is 45.5 Å². The molecule has 7 heteroatoms. The molecule has 1 aliphatic heterocycles. The van der Waals surface area contributed by atoms with Gasteiger partial charge in [0.05, 0.1) is 12.7 Å². The van der Waals surface area contributed by atoms with Crippen LogP contribution in [0.5, 0.6) is 11.5 Å². The smallest absolute Gasteiger partial charge is 0.416 e. The maximum Gasteiger partial charge on any atom is 0.416 e. The van der Waals surface area contributed by atoms with Crippen molar-refractivity contribution in [2.45, 2.75) is 26.6 Å². The number of aryl methyl sites for hydroxylation is 2. The number of fused-ring (bicyclic) bond motifs is 2. The van der Waals surface area contributed by atoms with Gasteiger partial charge in [0, 0.05) is 28.6 Å². The third kappa shape index (κ3) is 4.77. The number of alkyl halides is 3. The largest absolute Gasteiger partial charge is 0.497 e. The summed E-state index contributed by atoms with van der Waals surface area (Å²) in [6.07, 6.45) is -4.43. The molecule has 5 rings (SSSR count). The Balaban J connectivity index is 1.59. The van der Waals surface area contributed by atoms with E-state index in [9.17, 15) is 18.0 Å². The summed E-state index contributed by atoms with van der Waals surface area (Å²) in [6, 6.07) is 19.4. The quantitative estimate of drug-likeness (QED) is 0.229. The van der Waals surface area contributed by atoms with E-state index in [-0.39, 0.29) is 12.0 Å². The van der Waals surface area contributed by atoms with Gasteiger partial charge in [0.15, 0.2) is 5.43 Å². The lowest BCUT2D eigenvalue weighted by atomic mass is 9.91. The molecule has 0 radical (unpaired) electrons. The van der Waals surface area contributed by atoms with Crippen LogP contribution in [0.25, 0.3) is 33.4 Å². The van der Waals surface area contributed by atoms with E-state index >= 15 is 0 Å². The van der Waals surface area contributed by atoms with Crippen molar-refractivity contribution in [3.05, 3.63) is 105 Å². The van der Waals surface area contributed by atoms with Gasteiger partial charge in [0.1, 0.15) is 29.4 Å². The maximum atomic E-state index is 13.2. The molecule has 0 spiro atoms. The van der Waals surface area contributed by atoms with Crippen molar-refractivity contribution in [1.29, 1.82) is 0 Å². The van der Waals surface area contributed by atoms with Crippen LogP contribution in [0.3, 0.4) is 0 Å². The Morgan fingerprint density at radius 1 is 0.811 bits per heavy atom. The summed E-state index contributed by atoms with van der Waals surface area (Å²) in [4.78, 5) is 12.1. The van der Waals surface area contributed by atoms with E-state index in [1.54, 1.807) is 32.2 Å². The van der Waals surface area contributed by atoms with Crippen LogP contribution >= 0.6 is 0 Å². The van der Waals surface area contributed by atoms with Gasteiger partial charge >= 0.3 is 6.18 Å². The fourth-order valence-electron chi connectivity index (χ4n) is 4.44. The van der Waals surface area contributed by atoms with Crippen LogP contribution < -0.4 is 14.9 Å². The fraction of sp³-hybridized carbons (Fsp3) is 0.167. The van der Waals surface area contributed by atoms with E-state index < -0.39 is 11.7 Å². The van der Waals surface area contributed by atoms with Crippen LogP contribution in [0.1, 0.15) is 22.3 Å². The predicted molar refractivity (Wildman–Crippen MR) is 136 cm³/mol. The minimum absolute atomic E-state index is 0.0377. The van der Waals surface area contributed by atoms with E-state index in [1.807, 2.05) is 31.2 Å². The molecule has 0 saturated carbocycles. The standard InChI is InChI=1S/C30H23F3O4/c1-17-4-5-20(30(31,32)33)13-19(17)16-36-23-8-11-26-28(15-23)37-27-14-21(34)6-9-25(27)29(26)24-10-7-22(35-3)12-18(24)2/h4-15H,16H2,1-3H3. The highest BCUT2D eigenvalue weighted by Gasteiger charge is 2.30. The highest BCUT2D eigenvalue weighted by Crippen LogP contribution is 2.42. The van der Waals surface area contributed by atoms with Crippen LogP contribution in [0.2, 0.25) is 0 Å². The summed E-state index contributed by atoms with van der Waals surface area (Å²) < 4.78 is 56.8. The van der Waals surface area contributed by atoms with Crippen molar-refractivity contribution in [2.75, 3.05) is 7.11 Å². The van der Waals surface area contributed by atoms with Gasteiger partial charge < -0.3 is 13.9 Å². The highest BCUT2D eigenvalue weighted by atomic mass is 19.4. The SMILES string of the molecule is COc1ccc(-c2c3ccc(=O)cc-3oc3cc(OCc4cc(C(F)(F)F)ccc4C)ccc23)c(C)c1. The Kier molecular flexibility index (Phi) is 6.15. The first-order chi connectivity index (χ1) is 17.6. The van der Waals surface area contributed by atoms with Crippen molar-refractivity contribution in [3.63, 3.8) is 0 Å². The van der Waals surface area contributed by atoms with Crippen molar-refractivity contribution in [1.82, 2.24) is 0 Å². The second-order valence-electron chi connectivity index (χ2n) is 8.90. The Morgan fingerprint density at radius 2 is 1.57 bits per heavy atom. The van der Waals surface area contributed by atoms with Crippen molar-refractivity contribution >= 4 is 11.0 Å². The molecule has 37 heavy (non-hydrogen) atoms. The average Bonchev–Trinajstić information content (AvgIpc) is 2.86. The molecule has 2 aliphatic rings. The van der Waals surface area contributed by atoms with E-state index in [0.29, 0.717) is 28.2 Å². The van der Waals surface area contributed by atoms with Gasteiger partial charge in [-0.15, -0.1) is 0 Å². The van der Waals surface area contributed by atoms with Gasteiger partial charge in [0.25, 0.3) is 0 Å². The molecule has 1 heterocycles. The summed E-state index contributed by atoms with van der Waals surface area (Å²) in [5, 5.41) is 0.807. The Bertz CT molecular complexity index is 1650. The van der Waals surface area contributed by atoms with Gasteiger partial charge in [-0.25, -0.2) is 0 Å². The molecule has 4 nitrogen and oxygen atoms in total. The lowest BCUT2D eigenvalue weighted by Crippen LogP contribution is -2.07. The molecule has 0 atom stereocenters. The second kappa shape index (κ2) is 9.32. The molecule has 0 unspecified atom stereocenters. The highest BCUT2D eigenvalue weighted by molar-refractivity contribution is 6.02. The zero-order valence-corrected chi connectivity index (χ0v) is 20.4. The van der Waals surface area contributed by atoms with Crippen LogP contribution in [-0.2, 0) is 12.8 Å². The average molecular weight is 505 g/mol. The van der Waals surface area contributed by atoms with Crippen molar-refractivity contribution < 1.29 is 27.1 Å². The van der Waals surface area contributed by atoms with Gasteiger partial charge in [-0.3, -0.25) is 4.79 Å². The molecule has 0 fully saturated rings. The van der Waals surface area contributed by atoms with Gasteiger partial charge in [-0.05, 0) is 84.6 Å². The van der Waals surface area contributed by atoms with Crippen LogP contribution in [-0.4, -0.2) is 7.11 Å². The normalized spacial score (nSPS) is 11.7. The summed E-state index contributed by atoms with van der Waals surface area (Å²) in [5.74, 6) is 1.59. The molecule has 3 aromatic carbocycles. The number of benzene rings is 4. The Hall–Kier alpha value is -4.26. The van der Waals surface area contributed by atoms with Crippen LogP contribution in [0.15, 0.2) is 82.0 Å². The van der Waals surface area contributed by atoms with Crippen LogP contribution in [0.4, 0.5) is 13.2 Å². The molecule has 0 aromatic heterocycles. The summed E-state index contributed by atoms with van der Waals surface area (Å²) in [7, 11) is 1.61. The molecule has 1 aliphatic carbocycles. The molecule has 0 saturated heterocycles. The van der Waals surface area contributed by atoms with Crippen molar-refractivity contribution in [3.8, 4) is 33.9 Å². The zero-order valence-electron chi connectivity index (χ0n) is 20.4. The predicted octanol–water partition coefficient (Wildman–Crippen LogP) is 7.79. The number of hydrogen-bond donors (Lipinski definition) is 0. The topological polar surface area (TPSA) is 48.7 Å². The molecule has 3 aromatic rings. The molecular weight excluding hydrogens is 481 g/mol. The third-order valence-corrected chi connectivity index (χ3v) is 6.44. The van der Waals surface area contributed by atoms with Gasteiger partial charge in [-0.1, -0.05) is 12.1 Å². The Morgan fingerprint density at radius 3 is 2.30 bits per heavy atom. The number of hydrogen-bond acceptors (Lipinski definition) is 4. The molecule has 188 valence electrons. The van der Waals surface area contributed by atoms with Crippen LogP contribution in [0, 0.1) is 13.8 Å². The lowest BCUT2D eigenvalue weighted by Gasteiger charge is -2.18. The Labute approximate surface area is 211 Å². The molecule has 0 bridgehead atoms. The van der Waals surface area contributed by atoms with E-state index in [4.69, 9.17) is 13.9 Å². The molecule has 0 amide bonds. The van der Waals surface area contributed by atoms with E-state index in [1.165, 1.54) is 18.2 Å². The van der Waals surface area contributed by atoms with Gasteiger partial charge in [0.2, 0.25) is 0 Å². The van der Waals surface area contributed by atoms with E-state index in [2.05, 4.69) is 0 Å². The first-order valence-electron chi connectivity index (χ1n) is 11.6. The first kappa shape index (κ1) is 24.4. The first-order valence-corrected chi connectivity index (χ1v) is 11.6. The number of methoxy groups -OCH3 is 1. The summed E-state index contributed by atoms with van der Waals surface area (Å²) >= 11 is 0. The second-order valence-corrected chi connectivity index (χ2v) is 8.90. The maximum absolute atomic E-state index is 13.2. The summed E-state index contributed by atoms with van der Waals surface area (Å²) in [6.45, 7) is 3.69. The number of ether oxygens (including phenoxy) is 2. The number of halogens is 3. The monoisotopic (exact) mass is 504 g/mol. The van der Waals surface area contributed by atoms with Crippen molar-refractivity contribution in [2.24, 2.45) is 0 Å². The molecular formula is C30H23F3O4.